The van der Waals surface area contributed by atoms with Crippen molar-refractivity contribution < 1.29 is 26.8 Å². The molecule has 0 aliphatic rings. The van der Waals surface area contributed by atoms with Gasteiger partial charge in [0.05, 0.1) is 12.3 Å². The Labute approximate surface area is 151 Å². The monoisotopic (exact) mass is 384 g/mol. The Morgan fingerprint density at radius 3 is 2.54 bits per heavy atom. The fourth-order valence-corrected chi connectivity index (χ4v) is 3.45. The van der Waals surface area contributed by atoms with Crippen LogP contribution >= 0.6 is 0 Å². The van der Waals surface area contributed by atoms with E-state index in [1.807, 2.05) is 0 Å². The van der Waals surface area contributed by atoms with Gasteiger partial charge in [-0.15, -0.1) is 0 Å². The first-order valence-corrected chi connectivity index (χ1v) is 9.37. The lowest BCUT2D eigenvalue weighted by Gasteiger charge is -2.18. The number of carbonyl (C=O) groups excluding carboxylic acids is 1. The summed E-state index contributed by atoms with van der Waals surface area (Å²) in [6, 6.07) is 6.10. The molecule has 0 fully saturated rings. The molecule has 0 spiro atoms. The number of rotatable bonds is 6. The van der Waals surface area contributed by atoms with E-state index in [0.29, 0.717) is 0 Å². The Kier molecular flexibility index (Phi) is 5.72. The molecule has 0 bridgehead atoms. The van der Waals surface area contributed by atoms with Crippen LogP contribution in [0, 0.1) is 5.82 Å². The molecular formula is C17H21FN2O5S. The number of halogens is 1. The Morgan fingerprint density at radius 2 is 1.92 bits per heavy atom. The smallest absolute Gasteiger partial charge is 0.291 e. The number of amides is 1. The van der Waals surface area contributed by atoms with Crippen molar-refractivity contribution >= 4 is 21.6 Å². The molecule has 1 aromatic heterocycles. The largest absolute Gasteiger partial charge is 0.492 e. The highest BCUT2D eigenvalue weighted by molar-refractivity contribution is 7.89. The lowest BCUT2D eigenvalue weighted by molar-refractivity contribution is 0.0991. The molecular weight excluding hydrogens is 363 g/mol. The van der Waals surface area contributed by atoms with Gasteiger partial charge in [-0.2, -0.15) is 0 Å². The van der Waals surface area contributed by atoms with Gasteiger partial charge in [0.2, 0.25) is 5.09 Å². The maximum absolute atomic E-state index is 13.3. The van der Waals surface area contributed by atoms with E-state index in [1.54, 1.807) is 27.7 Å². The first-order chi connectivity index (χ1) is 12.0. The number of benzene rings is 1. The van der Waals surface area contributed by atoms with Crippen molar-refractivity contribution in [3.63, 3.8) is 0 Å². The molecule has 1 amide bonds. The first kappa shape index (κ1) is 19.9. The van der Waals surface area contributed by atoms with Gasteiger partial charge in [0.25, 0.3) is 15.9 Å². The second kappa shape index (κ2) is 7.46. The second-order valence-electron chi connectivity index (χ2n) is 6.50. The zero-order valence-electron chi connectivity index (χ0n) is 14.9. The number of hydrogen-bond acceptors (Lipinski definition) is 5. The van der Waals surface area contributed by atoms with Crippen LogP contribution in [-0.2, 0) is 10.0 Å². The molecule has 142 valence electrons. The van der Waals surface area contributed by atoms with Crippen molar-refractivity contribution in [2.24, 2.45) is 0 Å². The molecule has 7 nitrogen and oxygen atoms in total. The average molecular weight is 384 g/mol. The van der Waals surface area contributed by atoms with Crippen LogP contribution in [0.4, 0.5) is 10.1 Å². The van der Waals surface area contributed by atoms with E-state index in [1.165, 1.54) is 24.3 Å². The zero-order valence-corrected chi connectivity index (χ0v) is 15.7. The van der Waals surface area contributed by atoms with E-state index in [9.17, 15) is 17.6 Å². The molecule has 0 unspecified atom stereocenters. The molecule has 9 heteroatoms. The maximum Gasteiger partial charge on any atom is 0.291 e. The normalized spacial score (nSPS) is 12.0. The third kappa shape index (κ3) is 5.06. The minimum atomic E-state index is -3.90. The van der Waals surface area contributed by atoms with Crippen LogP contribution in [0.2, 0.25) is 0 Å². The third-order valence-electron chi connectivity index (χ3n) is 3.00. The molecule has 1 aromatic carbocycles. The minimum Gasteiger partial charge on any atom is -0.492 e. The summed E-state index contributed by atoms with van der Waals surface area (Å²) in [5, 5.41) is 2.14. The number of anilines is 1. The van der Waals surface area contributed by atoms with Gasteiger partial charge in [-0.1, -0.05) is 0 Å². The van der Waals surface area contributed by atoms with Gasteiger partial charge < -0.3 is 14.5 Å². The Balaban J connectivity index is 2.21. The molecule has 0 saturated heterocycles. The summed E-state index contributed by atoms with van der Waals surface area (Å²) in [6.07, 6.45) is 0. The number of carbonyl (C=O) groups is 1. The van der Waals surface area contributed by atoms with Crippen LogP contribution in [-0.4, -0.2) is 26.5 Å². The fraction of sp³-hybridized carbons (Fsp3) is 0.353. The molecule has 26 heavy (non-hydrogen) atoms. The van der Waals surface area contributed by atoms with Crippen LogP contribution in [0.3, 0.4) is 0 Å². The van der Waals surface area contributed by atoms with E-state index in [0.717, 1.165) is 6.07 Å². The van der Waals surface area contributed by atoms with Crippen molar-refractivity contribution in [1.29, 1.82) is 0 Å². The summed E-state index contributed by atoms with van der Waals surface area (Å²) in [5.41, 5.74) is -0.457. The van der Waals surface area contributed by atoms with Crippen LogP contribution < -0.4 is 14.8 Å². The molecule has 0 radical (unpaired) electrons. The summed E-state index contributed by atoms with van der Waals surface area (Å²) < 4.78 is 50.6. The molecule has 0 aliphatic carbocycles. The highest BCUT2D eigenvalue weighted by atomic mass is 32.2. The Hall–Kier alpha value is -2.39. The molecule has 1 heterocycles. The maximum atomic E-state index is 13.3. The van der Waals surface area contributed by atoms with Crippen molar-refractivity contribution in [1.82, 2.24) is 4.72 Å². The number of ether oxygens (including phenoxy) is 1. The highest BCUT2D eigenvalue weighted by Crippen LogP contribution is 2.26. The van der Waals surface area contributed by atoms with Crippen LogP contribution in [0.25, 0.3) is 0 Å². The van der Waals surface area contributed by atoms with Crippen molar-refractivity contribution in [3.8, 4) is 5.75 Å². The Morgan fingerprint density at radius 1 is 1.23 bits per heavy atom. The molecule has 0 saturated carbocycles. The number of hydrogen-bond donors (Lipinski definition) is 2. The van der Waals surface area contributed by atoms with Gasteiger partial charge in [-0.05, 0) is 52.0 Å². The standard InChI is InChI=1S/C17H21FN2O5S/c1-5-24-14-10-11(18)6-7-12(14)19-16(21)13-8-9-15(25-13)26(22,23)20-17(2,3)4/h6-10,20H,5H2,1-4H3,(H,19,21). The van der Waals surface area contributed by atoms with Crippen LogP contribution in [0.15, 0.2) is 39.8 Å². The van der Waals surface area contributed by atoms with Crippen LogP contribution in [0.1, 0.15) is 38.2 Å². The fourth-order valence-electron chi connectivity index (χ4n) is 2.10. The van der Waals surface area contributed by atoms with Crippen LogP contribution in [0.5, 0.6) is 5.75 Å². The second-order valence-corrected chi connectivity index (χ2v) is 8.12. The van der Waals surface area contributed by atoms with E-state index >= 15 is 0 Å². The van der Waals surface area contributed by atoms with E-state index in [4.69, 9.17) is 9.15 Å². The van der Waals surface area contributed by atoms with Gasteiger partial charge >= 0.3 is 0 Å². The summed E-state index contributed by atoms with van der Waals surface area (Å²) in [5.74, 6) is -1.23. The Bertz CT molecular complexity index is 900. The predicted molar refractivity (Wildman–Crippen MR) is 94.3 cm³/mol. The van der Waals surface area contributed by atoms with Gasteiger partial charge in [-0.3, -0.25) is 4.79 Å². The van der Waals surface area contributed by atoms with Gasteiger partial charge in [0.15, 0.2) is 5.76 Å². The van der Waals surface area contributed by atoms with Gasteiger partial charge in [0, 0.05) is 11.6 Å². The lowest BCUT2D eigenvalue weighted by atomic mass is 10.1. The van der Waals surface area contributed by atoms with Crippen molar-refractivity contribution in [2.45, 2.75) is 38.3 Å². The molecule has 2 N–H and O–H groups in total. The number of nitrogens with one attached hydrogen (secondary N) is 2. The predicted octanol–water partition coefficient (Wildman–Crippen LogP) is 3.15. The van der Waals surface area contributed by atoms with E-state index in [2.05, 4.69) is 10.0 Å². The third-order valence-corrected chi connectivity index (χ3v) is 4.63. The molecule has 2 rings (SSSR count). The zero-order chi connectivity index (χ0) is 19.5. The summed E-state index contributed by atoms with van der Waals surface area (Å²) in [6.45, 7) is 7.07. The van der Waals surface area contributed by atoms with E-state index in [-0.39, 0.29) is 28.9 Å². The summed E-state index contributed by atoms with van der Waals surface area (Å²) in [4.78, 5) is 12.3. The minimum absolute atomic E-state index is 0.162. The molecule has 0 atom stereocenters. The average Bonchev–Trinajstić information content (AvgIpc) is 2.99. The van der Waals surface area contributed by atoms with Crippen molar-refractivity contribution in [2.75, 3.05) is 11.9 Å². The highest BCUT2D eigenvalue weighted by Gasteiger charge is 2.26. The van der Waals surface area contributed by atoms with Gasteiger partial charge in [-0.25, -0.2) is 17.5 Å². The lowest BCUT2D eigenvalue weighted by Crippen LogP contribution is -2.40. The topological polar surface area (TPSA) is 97.6 Å². The first-order valence-electron chi connectivity index (χ1n) is 7.89. The van der Waals surface area contributed by atoms with Gasteiger partial charge in [0.1, 0.15) is 11.6 Å². The van der Waals surface area contributed by atoms with Crippen molar-refractivity contribution in [3.05, 3.63) is 41.9 Å². The number of sulfonamides is 1. The quantitative estimate of drug-likeness (QED) is 0.797. The van der Waals surface area contributed by atoms with E-state index < -0.39 is 27.3 Å². The SMILES string of the molecule is CCOc1cc(F)ccc1NC(=O)c1ccc(S(=O)(=O)NC(C)(C)C)o1. The molecule has 0 aliphatic heterocycles. The molecule has 2 aromatic rings. The summed E-state index contributed by atoms with van der Waals surface area (Å²) >= 11 is 0. The summed E-state index contributed by atoms with van der Waals surface area (Å²) in [7, 11) is -3.90. The number of furan rings is 1.